The van der Waals surface area contributed by atoms with Crippen molar-refractivity contribution in [2.24, 2.45) is 0 Å². The minimum Gasteiger partial charge on any atom is -0.495 e. The highest BCUT2D eigenvalue weighted by Crippen LogP contribution is 2.27. The van der Waals surface area contributed by atoms with E-state index in [2.05, 4.69) is 22.6 Å². The third-order valence-electron chi connectivity index (χ3n) is 3.39. The number of rotatable bonds is 5. The van der Waals surface area contributed by atoms with Crippen molar-refractivity contribution in [3.05, 3.63) is 30.0 Å². The van der Waals surface area contributed by atoms with Crippen LogP contribution in [0.25, 0.3) is 10.9 Å². The molecular weight excluding hydrogens is 248 g/mol. The van der Waals surface area contributed by atoms with Gasteiger partial charge in [-0.2, -0.15) is 0 Å². The molecule has 2 N–H and O–H groups in total. The minimum absolute atomic E-state index is 0. The molecule has 0 amide bonds. The Morgan fingerprint density at radius 3 is 2.94 bits per heavy atom. The number of H-pyrrole nitrogens is 1. The monoisotopic (exact) mass is 266 g/mol. The van der Waals surface area contributed by atoms with Crippen LogP contribution in [0.4, 0.5) is 0 Å². The molecule has 0 saturated heterocycles. The molecule has 2 aromatic rings. The molecule has 0 aliphatic heterocycles. The van der Waals surface area contributed by atoms with Crippen LogP contribution in [0.5, 0.6) is 5.75 Å². The van der Waals surface area contributed by atoms with E-state index in [-0.39, 0.29) is 12.4 Å². The number of benzene rings is 1. The van der Waals surface area contributed by atoms with Gasteiger partial charge in [0.25, 0.3) is 0 Å². The van der Waals surface area contributed by atoms with Crippen LogP contribution in [-0.2, 0) is 6.42 Å². The molecule has 1 aliphatic carbocycles. The first-order valence-corrected chi connectivity index (χ1v) is 6.25. The molecule has 1 aromatic heterocycles. The van der Waals surface area contributed by atoms with Gasteiger partial charge in [-0.25, -0.2) is 0 Å². The van der Waals surface area contributed by atoms with Crippen LogP contribution in [-0.4, -0.2) is 24.7 Å². The maximum atomic E-state index is 5.35. The van der Waals surface area contributed by atoms with E-state index in [4.69, 9.17) is 4.74 Å². The molecule has 18 heavy (non-hydrogen) atoms. The third-order valence-corrected chi connectivity index (χ3v) is 3.39. The Morgan fingerprint density at radius 2 is 2.22 bits per heavy atom. The second kappa shape index (κ2) is 5.63. The third kappa shape index (κ3) is 2.62. The maximum Gasteiger partial charge on any atom is 0.142 e. The Kier molecular flexibility index (Phi) is 4.15. The normalized spacial score (nSPS) is 14.5. The number of aromatic nitrogens is 1. The van der Waals surface area contributed by atoms with Crippen molar-refractivity contribution in [3.63, 3.8) is 0 Å². The van der Waals surface area contributed by atoms with Gasteiger partial charge in [0.15, 0.2) is 0 Å². The molecule has 4 heteroatoms. The van der Waals surface area contributed by atoms with Gasteiger partial charge in [0.2, 0.25) is 0 Å². The van der Waals surface area contributed by atoms with Crippen molar-refractivity contribution in [3.8, 4) is 5.75 Å². The maximum absolute atomic E-state index is 5.35. The Morgan fingerprint density at radius 1 is 1.39 bits per heavy atom. The SMILES string of the molecule is COc1cccc2c(CCNC3CC3)c[nH]c12.Cl. The van der Waals surface area contributed by atoms with E-state index in [1.165, 1.54) is 23.8 Å². The predicted octanol–water partition coefficient (Wildman–Crippen LogP) is 2.89. The molecule has 0 bridgehead atoms. The van der Waals surface area contributed by atoms with Gasteiger partial charge in [-0.05, 0) is 37.4 Å². The van der Waals surface area contributed by atoms with Crippen LogP contribution in [0, 0.1) is 0 Å². The summed E-state index contributed by atoms with van der Waals surface area (Å²) in [5.41, 5.74) is 2.48. The van der Waals surface area contributed by atoms with Crippen molar-refractivity contribution in [2.75, 3.05) is 13.7 Å². The highest BCUT2D eigenvalue weighted by Gasteiger charge is 2.19. The molecule has 0 spiro atoms. The van der Waals surface area contributed by atoms with Gasteiger partial charge in [-0.15, -0.1) is 12.4 Å². The van der Waals surface area contributed by atoms with Gasteiger partial charge in [0.05, 0.1) is 12.6 Å². The molecular formula is C14H19ClN2O. The van der Waals surface area contributed by atoms with Gasteiger partial charge in [0.1, 0.15) is 5.75 Å². The molecule has 1 heterocycles. The van der Waals surface area contributed by atoms with Crippen LogP contribution < -0.4 is 10.1 Å². The lowest BCUT2D eigenvalue weighted by Crippen LogP contribution is -2.19. The molecule has 3 rings (SSSR count). The summed E-state index contributed by atoms with van der Waals surface area (Å²) in [6.07, 6.45) is 5.87. The number of methoxy groups -OCH3 is 1. The topological polar surface area (TPSA) is 37.0 Å². The second-order valence-corrected chi connectivity index (χ2v) is 4.68. The molecule has 3 nitrogen and oxygen atoms in total. The lowest BCUT2D eigenvalue weighted by atomic mass is 10.1. The lowest BCUT2D eigenvalue weighted by molar-refractivity contribution is 0.419. The van der Waals surface area contributed by atoms with Crippen LogP contribution >= 0.6 is 12.4 Å². The lowest BCUT2D eigenvalue weighted by Gasteiger charge is -2.03. The van der Waals surface area contributed by atoms with E-state index < -0.39 is 0 Å². The van der Waals surface area contributed by atoms with E-state index >= 15 is 0 Å². The first kappa shape index (κ1) is 13.2. The summed E-state index contributed by atoms with van der Waals surface area (Å²) >= 11 is 0. The Labute approximate surface area is 113 Å². The largest absolute Gasteiger partial charge is 0.495 e. The number of ether oxygens (including phenoxy) is 1. The fraction of sp³-hybridized carbons (Fsp3) is 0.429. The molecule has 1 aromatic carbocycles. The zero-order valence-corrected chi connectivity index (χ0v) is 11.3. The second-order valence-electron chi connectivity index (χ2n) is 4.68. The molecule has 1 saturated carbocycles. The van der Waals surface area contributed by atoms with Crippen molar-refractivity contribution >= 4 is 23.3 Å². The zero-order valence-electron chi connectivity index (χ0n) is 10.5. The summed E-state index contributed by atoms with van der Waals surface area (Å²) in [6.45, 7) is 1.06. The summed E-state index contributed by atoms with van der Waals surface area (Å²) in [5.74, 6) is 0.920. The van der Waals surface area contributed by atoms with E-state index in [9.17, 15) is 0 Å². The van der Waals surface area contributed by atoms with Crippen LogP contribution in [0.1, 0.15) is 18.4 Å². The Hall–Kier alpha value is -1.19. The average Bonchev–Trinajstić information content (AvgIpc) is 3.09. The highest BCUT2D eigenvalue weighted by atomic mass is 35.5. The zero-order chi connectivity index (χ0) is 11.7. The number of fused-ring (bicyclic) bond motifs is 1. The van der Waals surface area contributed by atoms with E-state index in [0.29, 0.717) is 0 Å². The number of hydrogen-bond acceptors (Lipinski definition) is 2. The minimum atomic E-state index is 0. The van der Waals surface area contributed by atoms with Crippen molar-refractivity contribution in [1.82, 2.24) is 10.3 Å². The smallest absolute Gasteiger partial charge is 0.142 e. The fourth-order valence-electron chi connectivity index (χ4n) is 2.26. The van der Waals surface area contributed by atoms with Gasteiger partial charge >= 0.3 is 0 Å². The van der Waals surface area contributed by atoms with Crippen molar-refractivity contribution < 1.29 is 4.74 Å². The molecule has 0 unspecified atom stereocenters. The van der Waals surface area contributed by atoms with E-state index in [1.807, 2.05) is 12.1 Å². The number of nitrogens with one attached hydrogen (secondary N) is 2. The summed E-state index contributed by atoms with van der Waals surface area (Å²) in [7, 11) is 1.71. The van der Waals surface area contributed by atoms with E-state index in [1.54, 1.807) is 7.11 Å². The van der Waals surface area contributed by atoms with Crippen LogP contribution in [0.15, 0.2) is 24.4 Å². The summed E-state index contributed by atoms with van der Waals surface area (Å²) < 4.78 is 5.35. The number of para-hydroxylation sites is 1. The van der Waals surface area contributed by atoms with Gasteiger partial charge in [-0.3, -0.25) is 0 Å². The number of aromatic amines is 1. The molecule has 0 atom stereocenters. The standard InChI is InChI=1S/C14H18N2O.ClH/c1-17-13-4-2-3-12-10(9-16-14(12)13)7-8-15-11-5-6-11;/h2-4,9,11,15-16H,5-8H2,1H3;1H. The highest BCUT2D eigenvalue weighted by molar-refractivity contribution is 5.88. The predicted molar refractivity (Wildman–Crippen MR) is 76.8 cm³/mol. The van der Waals surface area contributed by atoms with Crippen LogP contribution in [0.2, 0.25) is 0 Å². The van der Waals surface area contributed by atoms with Gasteiger partial charge < -0.3 is 15.0 Å². The first-order chi connectivity index (χ1) is 8.38. The van der Waals surface area contributed by atoms with Crippen LogP contribution in [0.3, 0.4) is 0 Å². The molecule has 1 aliphatic rings. The fourth-order valence-corrected chi connectivity index (χ4v) is 2.26. The Bertz CT molecular complexity index is 519. The number of halogens is 1. The molecule has 1 fully saturated rings. The summed E-state index contributed by atoms with van der Waals surface area (Å²) in [5, 5.41) is 4.82. The van der Waals surface area contributed by atoms with Crippen molar-refractivity contribution in [1.29, 1.82) is 0 Å². The average molecular weight is 267 g/mol. The summed E-state index contributed by atoms with van der Waals surface area (Å²) in [6, 6.07) is 6.98. The van der Waals surface area contributed by atoms with Gasteiger partial charge in [0, 0.05) is 17.6 Å². The quantitative estimate of drug-likeness (QED) is 0.873. The van der Waals surface area contributed by atoms with E-state index in [0.717, 1.165) is 30.3 Å². The Balaban J connectivity index is 0.00000120. The molecule has 98 valence electrons. The summed E-state index contributed by atoms with van der Waals surface area (Å²) in [4.78, 5) is 3.31. The first-order valence-electron chi connectivity index (χ1n) is 6.25. The van der Waals surface area contributed by atoms with Gasteiger partial charge in [-0.1, -0.05) is 12.1 Å². The molecule has 0 radical (unpaired) electrons. The van der Waals surface area contributed by atoms with Crippen molar-refractivity contribution in [2.45, 2.75) is 25.3 Å². The number of hydrogen-bond donors (Lipinski definition) is 2.